The zero-order chi connectivity index (χ0) is 15.6. The van der Waals surface area contributed by atoms with E-state index >= 15 is 0 Å². The third-order valence-corrected chi connectivity index (χ3v) is 1.91. The summed E-state index contributed by atoms with van der Waals surface area (Å²) < 4.78 is 0. The van der Waals surface area contributed by atoms with Crippen LogP contribution in [0.5, 0.6) is 0 Å². The molecule has 0 rings (SSSR count). The zero-order valence-corrected chi connectivity index (χ0v) is 9.42. The van der Waals surface area contributed by atoms with Crippen molar-refractivity contribution in [2.45, 2.75) is 12.8 Å². The Bertz CT molecular complexity index is 328. The lowest BCUT2D eigenvalue weighted by Crippen LogP contribution is -2.33. The van der Waals surface area contributed by atoms with E-state index in [0.717, 1.165) is 0 Å². The molecule has 0 amide bonds. The third kappa shape index (κ3) is 9.09. The number of aliphatic carboxylic acids is 4. The fourth-order valence-corrected chi connectivity index (χ4v) is 1.18. The van der Waals surface area contributed by atoms with Gasteiger partial charge in [0.25, 0.3) is 6.47 Å². The van der Waals surface area contributed by atoms with Crippen LogP contribution < -0.4 is 0 Å². The summed E-state index contributed by atoms with van der Waals surface area (Å²) in [7, 11) is 0. The largest absolute Gasteiger partial charge is 0.483 e. The van der Waals surface area contributed by atoms with Gasteiger partial charge in [0.15, 0.2) is 0 Å². The fraction of sp³-hybridized carbons (Fsp3) is 0.444. The molecule has 0 spiro atoms. The Morgan fingerprint density at radius 3 is 1.11 bits per heavy atom. The van der Waals surface area contributed by atoms with Crippen molar-refractivity contribution in [3.63, 3.8) is 0 Å². The van der Waals surface area contributed by atoms with Crippen LogP contribution in [0.1, 0.15) is 12.8 Å². The number of carbonyl (C=O) groups is 5. The van der Waals surface area contributed by atoms with Gasteiger partial charge in [-0.05, 0) is 0 Å². The minimum atomic E-state index is -1.76. The smallest absolute Gasteiger partial charge is 0.307 e. The van der Waals surface area contributed by atoms with Gasteiger partial charge in [0.1, 0.15) is 0 Å². The molecule has 0 aliphatic carbocycles. The van der Waals surface area contributed by atoms with Crippen LogP contribution in [-0.2, 0) is 24.0 Å². The molecular weight excluding hydrogens is 268 g/mol. The van der Waals surface area contributed by atoms with Crippen molar-refractivity contribution < 1.29 is 49.5 Å². The van der Waals surface area contributed by atoms with Gasteiger partial charge < -0.3 is 25.5 Å². The van der Waals surface area contributed by atoms with E-state index in [9.17, 15) is 19.2 Å². The van der Waals surface area contributed by atoms with Crippen molar-refractivity contribution in [3.05, 3.63) is 0 Å². The maximum atomic E-state index is 10.6. The van der Waals surface area contributed by atoms with Gasteiger partial charge in [-0.2, -0.15) is 0 Å². The average molecular weight is 280 g/mol. The van der Waals surface area contributed by atoms with E-state index < -0.39 is 48.6 Å². The van der Waals surface area contributed by atoms with Crippen LogP contribution in [0.4, 0.5) is 0 Å². The molecule has 2 unspecified atom stereocenters. The molecule has 0 heterocycles. The summed E-state index contributed by atoms with van der Waals surface area (Å²) in [5.74, 6) is -9.79. The van der Waals surface area contributed by atoms with Crippen molar-refractivity contribution in [1.29, 1.82) is 0 Å². The summed E-state index contributed by atoms with van der Waals surface area (Å²) in [6.45, 7) is -0.250. The highest BCUT2D eigenvalue weighted by molar-refractivity contribution is 5.86. The van der Waals surface area contributed by atoms with Crippen LogP contribution in [0.15, 0.2) is 0 Å². The molecule has 5 N–H and O–H groups in total. The van der Waals surface area contributed by atoms with Crippen molar-refractivity contribution in [2.24, 2.45) is 11.8 Å². The highest BCUT2D eigenvalue weighted by Crippen LogP contribution is 2.20. The lowest BCUT2D eigenvalue weighted by molar-refractivity contribution is -0.160. The van der Waals surface area contributed by atoms with Crippen molar-refractivity contribution >= 4 is 30.3 Å². The summed E-state index contributed by atoms with van der Waals surface area (Å²) in [5.41, 5.74) is 0. The molecule has 0 saturated carbocycles. The summed E-state index contributed by atoms with van der Waals surface area (Å²) in [6, 6.07) is 0. The lowest BCUT2D eigenvalue weighted by Gasteiger charge is -2.16. The molecule has 0 aromatic rings. The number of carboxylic acids is 4. The molecule has 10 heteroatoms. The molecule has 0 saturated heterocycles. The van der Waals surface area contributed by atoms with Gasteiger partial charge >= 0.3 is 23.9 Å². The van der Waals surface area contributed by atoms with Crippen LogP contribution in [0.25, 0.3) is 0 Å². The second-order valence-corrected chi connectivity index (χ2v) is 3.19. The third-order valence-electron chi connectivity index (χ3n) is 1.91. The van der Waals surface area contributed by atoms with Gasteiger partial charge in [0.2, 0.25) is 0 Å². The van der Waals surface area contributed by atoms with Crippen LogP contribution in [-0.4, -0.2) is 55.9 Å². The van der Waals surface area contributed by atoms with E-state index in [4.69, 9.17) is 30.3 Å². The first-order valence-electron chi connectivity index (χ1n) is 4.64. The Balaban J connectivity index is 0. The van der Waals surface area contributed by atoms with Crippen molar-refractivity contribution in [2.75, 3.05) is 0 Å². The molecule has 0 aliphatic rings. The molecule has 2 atom stereocenters. The SMILES string of the molecule is O=C(O)CC(C(=O)O)C(CC(=O)O)C(=O)O.O=CO. The van der Waals surface area contributed by atoms with E-state index in [1.165, 1.54) is 0 Å². The summed E-state index contributed by atoms with van der Waals surface area (Å²) >= 11 is 0. The molecule has 108 valence electrons. The number of hydrogen-bond acceptors (Lipinski definition) is 5. The molecule has 0 aromatic carbocycles. The van der Waals surface area contributed by atoms with E-state index in [2.05, 4.69) is 0 Å². The number of hydrogen-bond donors (Lipinski definition) is 5. The van der Waals surface area contributed by atoms with E-state index in [1.54, 1.807) is 0 Å². The maximum Gasteiger partial charge on any atom is 0.307 e. The molecule has 10 nitrogen and oxygen atoms in total. The first-order chi connectivity index (χ1) is 8.67. The van der Waals surface area contributed by atoms with Gasteiger partial charge in [0.05, 0.1) is 24.7 Å². The summed E-state index contributed by atoms with van der Waals surface area (Å²) in [4.78, 5) is 50.3. The fourth-order valence-electron chi connectivity index (χ4n) is 1.18. The minimum Gasteiger partial charge on any atom is -0.483 e. The Hall–Kier alpha value is -2.65. The topological polar surface area (TPSA) is 186 Å². The second kappa shape index (κ2) is 9.39. The van der Waals surface area contributed by atoms with Crippen molar-refractivity contribution in [3.8, 4) is 0 Å². The number of rotatable bonds is 7. The molecule has 0 radical (unpaired) electrons. The zero-order valence-electron chi connectivity index (χ0n) is 9.42. The highest BCUT2D eigenvalue weighted by atomic mass is 16.4. The highest BCUT2D eigenvalue weighted by Gasteiger charge is 2.36. The van der Waals surface area contributed by atoms with Crippen LogP contribution >= 0.6 is 0 Å². The lowest BCUT2D eigenvalue weighted by atomic mass is 9.87. The predicted molar refractivity (Wildman–Crippen MR) is 55.5 cm³/mol. The van der Waals surface area contributed by atoms with E-state index in [-0.39, 0.29) is 6.47 Å². The Morgan fingerprint density at radius 1 is 0.789 bits per heavy atom. The predicted octanol–water partition coefficient (Wildman–Crippen LogP) is -0.962. The standard InChI is InChI=1S/C8H10O8.CH2O2/c9-5(10)1-3(7(13)14)4(8(15)16)2-6(11)12;2-1-3/h3-4H,1-2H2,(H,9,10)(H,11,12)(H,13,14)(H,15,16);1H,(H,2,3). The minimum absolute atomic E-state index is 0.250. The van der Waals surface area contributed by atoms with Gasteiger partial charge in [0, 0.05) is 0 Å². The second-order valence-electron chi connectivity index (χ2n) is 3.19. The van der Waals surface area contributed by atoms with Gasteiger partial charge in [-0.1, -0.05) is 0 Å². The quantitative estimate of drug-likeness (QED) is 0.363. The Labute approximate surface area is 105 Å². The van der Waals surface area contributed by atoms with Gasteiger partial charge in [-0.3, -0.25) is 24.0 Å². The molecule has 0 fully saturated rings. The van der Waals surface area contributed by atoms with Crippen LogP contribution in [0.3, 0.4) is 0 Å². The monoisotopic (exact) mass is 280 g/mol. The van der Waals surface area contributed by atoms with Crippen LogP contribution in [0, 0.1) is 11.8 Å². The first kappa shape index (κ1) is 18.7. The molecule has 0 aliphatic heterocycles. The van der Waals surface area contributed by atoms with Crippen LogP contribution in [0.2, 0.25) is 0 Å². The van der Waals surface area contributed by atoms with E-state index in [0.29, 0.717) is 0 Å². The molecular formula is C9H12O10. The average Bonchev–Trinajstić information content (AvgIpc) is 2.22. The summed E-state index contributed by atoms with van der Waals surface area (Å²) in [6.07, 6.45) is -1.86. The number of carboxylic acid groups (broad SMARTS) is 5. The Morgan fingerprint density at radius 2 is 1.00 bits per heavy atom. The Kier molecular flexibility index (Phi) is 9.24. The molecule has 0 aromatic heterocycles. The molecule has 0 bridgehead atoms. The molecule has 19 heavy (non-hydrogen) atoms. The van der Waals surface area contributed by atoms with E-state index in [1.807, 2.05) is 0 Å². The summed E-state index contributed by atoms with van der Waals surface area (Å²) in [5, 5.41) is 40.9. The first-order valence-corrected chi connectivity index (χ1v) is 4.64. The van der Waals surface area contributed by atoms with Gasteiger partial charge in [-0.15, -0.1) is 0 Å². The van der Waals surface area contributed by atoms with Gasteiger partial charge in [-0.25, -0.2) is 0 Å². The normalized spacial score (nSPS) is 12.2. The maximum absolute atomic E-state index is 10.6. The van der Waals surface area contributed by atoms with Crippen molar-refractivity contribution in [1.82, 2.24) is 0 Å².